The zero-order valence-corrected chi connectivity index (χ0v) is 10.7. The van der Waals surface area contributed by atoms with Gasteiger partial charge in [0.05, 0.1) is 15.7 Å². The van der Waals surface area contributed by atoms with Crippen molar-refractivity contribution in [3.8, 4) is 11.3 Å². The normalized spacial score (nSPS) is 10.5. The summed E-state index contributed by atoms with van der Waals surface area (Å²) in [6.07, 6.45) is 0. The van der Waals surface area contributed by atoms with E-state index in [9.17, 15) is 0 Å². The first kappa shape index (κ1) is 10.4. The van der Waals surface area contributed by atoms with Crippen LogP contribution in [0.4, 0.5) is 0 Å². The lowest BCUT2D eigenvalue weighted by atomic mass is 10.2. The molecule has 0 atom stereocenters. The van der Waals surface area contributed by atoms with Gasteiger partial charge in [-0.05, 0) is 28.1 Å². The number of hydrogen-bond acceptors (Lipinski definition) is 2. The Balaban J connectivity index is 2.47. The number of hydrogen-bond donors (Lipinski definition) is 0. The Bertz CT molecular complexity index is 470. The van der Waals surface area contributed by atoms with E-state index in [-0.39, 0.29) is 0 Å². The number of halogens is 3. The van der Waals surface area contributed by atoms with Crippen LogP contribution >= 0.6 is 50.5 Å². The molecule has 2 rings (SSSR count). The molecule has 1 aromatic heterocycles. The first-order valence-corrected chi connectivity index (χ1v) is 6.16. The van der Waals surface area contributed by atoms with Gasteiger partial charge in [-0.3, -0.25) is 0 Å². The lowest BCUT2D eigenvalue weighted by Crippen LogP contribution is -1.77. The summed E-state index contributed by atoms with van der Waals surface area (Å²) >= 11 is 16.6. The fourth-order valence-corrected chi connectivity index (χ4v) is 2.36. The molecule has 1 aromatic carbocycles. The molecule has 1 heterocycles. The standard InChI is InChI=1S/C9H4BrCl2NS/c10-9-13-8(4-14-9)5-1-2-6(11)7(12)3-5/h1-4H. The van der Waals surface area contributed by atoms with Gasteiger partial charge in [0.25, 0.3) is 0 Å². The molecule has 0 saturated heterocycles. The average molecular weight is 309 g/mol. The summed E-state index contributed by atoms with van der Waals surface area (Å²) in [4.78, 5) is 4.29. The number of nitrogens with zero attached hydrogens (tertiary/aromatic N) is 1. The fourth-order valence-electron chi connectivity index (χ4n) is 1.04. The predicted molar refractivity (Wildman–Crippen MR) is 65.3 cm³/mol. The lowest BCUT2D eigenvalue weighted by Gasteiger charge is -1.98. The van der Waals surface area contributed by atoms with Crippen LogP contribution in [-0.4, -0.2) is 4.98 Å². The van der Waals surface area contributed by atoms with Gasteiger partial charge in [-0.25, -0.2) is 4.98 Å². The molecular formula is C9H4BrCl2NS. The van der Waals surface area contributed by atoms with Crippen molar-refractivity contribution >= 4 is 50.5 Å². The van der Waals surface area contributed by atoms with Crippen LogP contribution in [0.5, 0.6) is 0 Å². The van der Waals surface area contributed by atoms with Crippen LogP contribution in [0.15, 0.2) is 27.5 Å². The van der Waals surface area contributed by atoms with Gasteiger partial charge < -0.3 is 0 Å². The van der Waals surface area contributed by atoms with E-state index >= 15 is 0 Å². The summed E-state index contributed by atoms with van der Waals surface area (Å²) in [5, 5.41) is 3.07. The van der Waals surface area contributed by atoms with Crippen molar-refractivity contribution in [2.75, 3.05) is 0 Å². The Labute approximate surface area is 104 Å². The smallest absolute Gasteiger partial charge is 0.159 e. The molecule has 1 nitrogen and oxygen atoms in total. The first-order valence-electron chi connectivity index (χ1n) is 3.73. The lowest BCUT2D eigenvalue weighted by molar-refractivity contribution is 1.37. The second-order valence-electron chi connectivity index (χ2n) is 2.61. The fraction of sp³-hybridized carbons (Fsp3) is 0. The summed E-state index contributed by atoms with van der Waals surface area (Å²) < 4.78 is 0.860. The minimum absolute atomic E-state index is 0.549. The summed E-state index contributed by atoms with van der Waals surface area (Å²) in [7, 11) is 0. The number of rotatable bonds is 1. The van der Waals surface area contributed by atoms with Gasteiger partial charge in [-0.2, -0.15) is 0 Å². The quantitative estimate of drug-likeness (QED) is 0.731. The molecule has 0 amide bonds. The molecule has 0 fully saturated rings. The topological polar surface area (TPSA) is 12.9 Å². The van der Waals surface area contributed by atoms with Crippen molar-refractivity contribution in [2.45, 2.75) is 0 Å². The molecule has 0 spiro atoms. The van der Waals surface area contributed by atoms with Gasteiger partial charge in [0.1, 0.15) is 0 Å². The van der Waals surface area contributed by atoms with Crippen molar-refractivity contribution in [3.05, 3.63) is 37.5 Å². The Hall–Kier alpha value is -0.0900. The predicted octanol–water partition coefficient (Wildman–Crippen LogP) is 4.88. The number of benzene rings is 1. The van der Waals surface area contributed by atoms with Gasteiger partial charge in [-0.1, -0.05) is 29.3 Å². The van der Waals surface area contributed by atoms with E-state index in [4.69, 9.17) is 23.2 Å². The molecule has 5 heteroatoms. The highest BCUT2D eigenvalue weighted by Gasteiger charge is 2.05. The average Bonchev–Trinajstić information content (AvgIpc) is 2.57. The molecule has 0 saturated carbocycles. The maximum atomic E-state index is 5.90. The van der Waals surface area contributed by atoms with Crippen LogP contribution in [0.2, 0.25) is 10.0 Å². The molecule has 2 aromatic rings. The van der Waals surface area contributed by atoms with E-state index in [1.54, 1.807) is 6.07 Å². The minimum atomic E-state index is 0.549. The van der Waals surface area contributed by atoms with Crippen molar-refractivity contribution in [1.82, 2.24) is 4.98 Å². The van der Waals surface area contributed by atoms with E-state index in [0.717, 1.165) is 15.2 Å². The van der Waals surface area contributed by atoms with Crippen LogP contribution in [0.3, 0.4) is 0 Å². The highest BCUT2D eigenvalue weighted by atomic mass is 79.9. The monoisotopic (exact) mass is 307 g/mol. The Morgan fingerprint density at radius 2 is 2.00 bits per heavy atom. The molecular weight excluding hydrogens is 305 g/mol. The summed E-state index contributed by atoms with van der Waals surface area (Å²) in [5.74, 6) is 0. The second kappa shape index (κ2) is 4.19. The van der Waals surface area contributed by atoms with Gasteiger partial charge in [0, 0.05) is 10.9 Å². The van der Waals surface area contributed by atoms with Crippen LogP contribution < -0.4 is 0 Å². The van der Waals surface area contributed by atoms with Crippen LogP contribution in [0.1, 0.15) is 0 Å². The third kappa shape index (κ3) is 2.11. The molecule has 0 aliphatic carbocycles. The molecule has 0 radical (unpaired) electrons. The van der Waals surface area contributed by atoms with E-state index in [1.807, 2.05) is 17.5 Å². The number of aromatic nitrogens is 1. The third-order valence-corrected chi connectivity index (χ3v) is 3.80. The van der Waals surface area contributed by atoms with Crippen molar-refractivity contribution in [1.29, 1.82) is 0 Å². The molecule has 0 unspecified atom stereocenters. The van der Waals surface area contributed by atoms with Crippen LogP contribution in [0, 0.1) is 0 Å². The van der Waals surface area contributed by atoms with Crippen molar-refractivity contribution < 1.29 is 0 Å². The van der Waals surface area contributed by atoms with Crippen LogP contribution in [0.25, 0.3) is 11.3 Å². The highest BCUT2D eigenvalue weighted by Crippen LogP contribution is 2.30. The van der Waals surface area contributed by atoms with Gasteiger partial charge in [-0.15, -0.1) is 11.3 Å². The minimum Gasteiger partial charge on any atom is -0.229 e. The molecule has 0 bridgehead atoms. The Morgan fingerprint density at radius 3 is 2.57 bits per heavy atom. The molecule has 0 N–H and O–H groups in total. The van der Waals surface area contributed by atoms with Gasteiger partial charge in [0.2, 0.25) is 0 Å². The number of thiazole rings is 1. The Morgan fingerprint density at radius 1 is 1.21 bits per heavy atom. The van der Waals surface area contributed by atoms with E-state index < -0.39 is 0 Å². The van der Waals surface area contributed by atoms with E-state index in [0.29, 0.717) is 10.0 Å². The Kier molecular flexibility index (Phi) is 3.12. The van der Waals surface area contributed by atoms with Crippen molar-refractivity contribution in [2.24, 2.45) is 0 Å². The van der Waals surface area contributed by atoms with E-state index in [1.165, 1.54) is 11.3 Å². The maximum Gasteiger partial charge on any atom is 0.159 e. The summed E-state index contributed by atoms with van der Waals surface area (Å²) in [6.45, 7) is 0. The molecule has 72 valence electrons. The van der Waals surface area contributed by atoms with Gasteiger partial charge in [0.15, 0.2) is 3.92 Å². The summed E-state index contributed by atoms with van der Waals surface area (Å²) in [5.41, 5.74) is 1.88. The second-order valence-corrected chi connectivity index (χ2v) is 5.56. The highest BCUT2D eigenvalue weighted by molar-refractivity contribution is 9.11. The van der Waals surface area contributed by atoms with E-state index in [2.05, 4.69) is 20.9 Å². The third-order valence-electron chi connectivity index (χ3n) is 1.69. The first-order chi connectivity index (χ1) is 6.66. The maximum absolute atomic E-state index is 5.90. The largest absolute Gasteiger partial charge is 0.229 e. The van der Waals surface area contributed by atoms with Crippen LogP contribution in [-0.2, 0) is 0 Å². The SMILES string of the molecule is Clc1ccc(-c2csc(Br)n2)cc1Cl. The zero-order valence-electron chi connectivity index (χ0n) is 6.80. The molecule has 14 heavy (non-hydrogen) atoms. The zero-order chi connectivity index (χ0) is 10.1. The van der Waals surface area contributed by atoms with Crippen molar-refractivity contribution in [3.63, 3.8) is 0 Å². The van der Waals surface area contributed by atoms with Gasteiger partial charge >= 0.3 is 0 Å². The summed E-state index contributed by atoms with van der Waals surface area (Å²) in [6, 6.07) is 5.48. The molecule has 0 aliphatic rings. The molecule has 0 aliphatic heterocycles.